The van der Waals surface area contributed by atoms with Gasteiger partial charge < -0.3 is 10.5 Å². The molecule has 3 heteroatoms. The van der Waals surface area contributed by atoms with Crippen LogP contribution >= 0.6 is 0 Å². The number of hydrogen-bond acceptors (Lipinski definition) is 3. The standard InChI is InChI=1S/C14H28N2O/c1-2-13-5-3-8-16(9-6-13)14(11-15)7-4-10-17-12-14/h13H,2-12,15H2,1H3. The molecule has 2 rings (SSSR count). The van der Waals surface area contributed by atoms with Crippen molar-refractivity contribution in [2.45, 2.75) is 51.0 Å². The van der Waals surface area contributed by atoms with Crippen molar-refractivity contribution in [3.63, 3.8) is 0 Å². The molecule has 2 N–H and O–H groups in total. The molecule has 0 aliphatic carbocycles. The topological polar surface area (TPSA) is 38.5 Å². The van der Waals surface area contributed by atoms with E-state index in [1.807, 2.05) is 0 Å². The predicted octanol–water partition coefficient (Wildman–Crippen LogP) is 2.01. The smallest absolute Gasteiger partial charge is 0.0662 e. The Bertz CT molecular complexity index is 226. The average Bonchev–Trinajstić information content (AvgIpc) is 2.65. The summed E-state index contributed by atoms with van der Waals surface area (Å²) in [5, 5.41) is 0. The van der Waals surface area contributed by atoms with E-state index in [9.17, 15) is 0 Å². The lowest BCUT2D eigenvalue weighted by Gasteiger charge is -2.45. The van der Waals surface area contributed by atoms with Crippen LogP contribution in [0.4, 0.5) is 0 Å². The van der Waals surface area contributed by atoms with E-state index < -0.39 is 0 Å². The third-order valence-electron chi connectivity index (χ3n) is 4.78. The van der Waals surface area contributed by atoms with Crippen LogP contribution in [-0.4, -0.2) is 43.3 Å². The Kier molecular flexibility index (Phi) is 4.83. The van der Waals surface area contributed by atoms with Crippen LogP contribution in [-0.2, 0) is 4.74 Å². The molecule has 2 saturated heterocycles. The highest BCUT2D eigenvalue weighted by atomic mass is 16.5. The molecule has 2 aliphatic heterocycles. The van der Waals surface area contributed by atoms with Crippen molar-refractivity contribution in [3.8, 4) is 0 Å². The van der Waals surface area contributed by atoms with E-state index >= 15 is 0 Å². The van der Waals surface area contributed by atoms with Crippen LogP contribution in [0.25, 0.3) is 0 Å². The van der Waals surface area contributed by atoms with E-state index in [4.69, 9.17) is 10.5 Å². The zero-order chi connectivity index (χ0) is 12.1. The molecule has 100 valence electrons. The molecule has 2 atom stereocenters. The van der Waals surface area contributed by atoms with Crippen LogP contribution in [0, 0.1) is 5.92 Å². The van der Waals surface area contributed by atoms with E-state index in [2.05, 4.69) is 11.8 Å². The van der Waals surface area contributed by atoms with Crippen LogP contribution in [0.3, 0.4) is 0 Å². The Hall–Kier alpha value is -0.120. The Balaban J connectivity index is 1.98. The number of nitrogens with two attached hydrogens (primary N) is 1. The molecule has 0 amide bonds. The van der Waals surface area contributed by atoms with Gasteiger partial charge in [-0.1, -0.05) is 13.3 Å². The van der Waals surface area contributed by atoms with Gasteiger partial charge in [-0.3, -0.25) is 4.90 Å². The van der Waals surface area contributed by atoms with E-state index in [0.717, 1.165) is 25.7 Å². The minimum absolute atomic E-state index is 0.154. The number of rotatable bonds is 3. The van der Waals surface area contributed by atoms with E-state index in [1.165, 1.54) is 51.6 Å². The average molecular weight is 240 g/mol. The van der Waals surface area contributed by atoms with Gasteiger partial charge in [0.1, 0.15) is 0 Å². The summed E-state index contributed by atoms with van der Waals surface area (Å²) in [6.07, 6.45) is 7.80. The summed E-state index contributed by atoms with van der Waals surface area (Å²) in [7, 11) is 0. The van der Waals surface area contributed by atoms with Crippen LogP contribution in [0.15, 0.2) is 0 Å². The van der Waals surface area contributed by atoms with E-state index in [-0.39, 0.29) is 5.54 Å². The fraction of sp³-hybridized carbons (Fsp3) is 1.00. The molecule has 2 heterocycles. The second-order valence-electron chi connectivity index (χ2n) is 5.78. The molecule has 0 bridgehead atoms. The monoisotopic (exact) mass is 240 g/mol. The molecule has 2 fully saturated rings. The molecular weight excluding hydrogens is 212 g/mol. The molecule has 17 heavy (non-hydrogen) atoms. The maximum atomic E-state index is 6.07. The van der Waals surface area contributed by atoms with Gasteiger partial charge in [-0.25, -0.2) is 0 Å². The fourth-order valence-corrected chi connectivity index (χ4v) is 3.43. The SMILES string of the molecule is CCC1CCCN(C2(CN)CCCOC2)CC1. The molecule has 0 spiro atoms. The van der Waals surface area contributed by atoms with Crippen molar-refractivity contribution in [2.75, 3.05) is 32.8 Å². The van der Waals surface area contributed by atoms with E-state index in [1.54, 1.807) is 0 Å². The quantitative estimate of drug-likeness (QED) is 0.820. The minimum atomic E-state index is 0.154. The fourth-order valence-electron chi connectivity index (χ4n) is 3.43. The molecule has 0 aromatic rings. The summed E-state index contributed by atoms with van der Waals surface area (Å²) in [4.78, 5) is 2.64. The molecular formula is C14H28N2O. The molecule has 2 aliphatic rings. The Morgan fingerprint density at radius 3 is 2.82 bits per heavy atom. The first-order valence-electron chi connectivity index (χ1n) is 7.33. The molecule has 0 aromatic heterocycles. The highest BCUT2D eigenvalue weighted by molar-refractivity contribution is 4.94. The Labute approximate surface area is 106 Å². The van der Waals surface area contributed by atoms with Crippen molar-refractivity contribution in [2.24, 2.45) is 11.7 Å². The summed E-state index contributed by atoms with van der Waals surface area (Å²) in [5.74, 6) is 0.930. The van der Waals surface area contributed by atoms with Gasteiger partial charge in [0, 0.05) is 13.2 Å². The van der Waals surface area contributed by atoms with Crippen LogP contribution < -0.4 is 5.73 Å². The van der Waals surface area contributed by atoms with E-state index in [0.29, 0.717) is 0 Å². The second kappa shape index (κ2) is 6.17. The number of likely N-dealkylation sites (tertiary alicyclic amines) is 1. The van der Waals surface area contributed by atoms with Gasteiger partial charge in [-0.15, -0.1) is 0 Å². The van der Waals surface area contributed by atoms with Crippen LogP contribution in [0.2, 0.25) is 0 Å². The summed E-state index contributed by atoms with van der Waals surface area (Å²) >= 11 is 0. The predicted molar refractivity (Wildman–Crippen MR) is 71.0 cm³/mol. The van der Waals surface area contributed by atoms with Gasteiger partial charge in [-0.05, 0) is 51.1 Å². The highest BCUT2D eigenvalue weighted by Gasteiger charge is 2.38. The maximum absolute atomic E-state index is 6.07. The van der Waals surface area contributed by atoms with Crippen molar-refractivity contribution in [1.29, 1.82) is 0 Å². The van der Waals surface area contributed by atoms with Gasteiger partial charge in [0.25, 0.3) is 0 Å². The first-order valence-corrected chi connectivity index (χ1v) is 7.33. The zero-order valence-electron chi connectivity index (χ0n) is 11.3. The summed E-state index contributed by atoms with van der Waals surface area (Å²) in [6.45, 7) is 7.29. The third-order valence-corrected chi connectivity index (χ3v) is 4.78. The first-order chi connectivity index (χ1) is 8.30. The largest absolute Gasteiger partial charge is 0.379 e. The number of hydrogen-bond donors (Lipinski definition) is 1. The molecule has 0 radical (unpaired) electrons. The van der Waals surface area contributed by atoms with Crippen molar-refractivity contribution in [3.05, 3.63) is 0 Å². The second-order valence-corrected chi connectivity index (χ2v) is 5.78. The number of ether oxygens (including phenoxy) is 1. The lowest BCUT2D eigenvalue weighted by atomic mass is 9.90. The lowest BCUT2D eigenvalue weighted by Crippen LogP contribution is -2.59. The van der Waals surface area contributed by atoms with Crippen molar-refractivity contribution in [1.82, 2.24) is 4.90 Å². The summed E-state index contributed by atoms with van der Waals surface area (Å²) in [6, 6.07) is 0. The Morgan fingerprint density at radius 2 is 2.18 bits per heavy atom. The molecule has 3 nitrogen and oxygen atoms in total. The summed E-state index contributed by atoms with van der Waals surface area (Å²) in [5.41, 5.74) is 6.22. The minimum Gasteiger partial charge on any atom is -0.379 e. The normalized spacial score (nSPS) is 36.7. The maximum Gasteiger partial charge on any atom is 0.0662 e. The zero-order valence-corrected chi connectivity index (χ0v) is 11.3. The molecule has 0 aromatic carbocycles. The van der Waals surface area contributed by atoms with Crippen molar-refractivity contribution >= 4 is 0 Å². The lowest BCUT2D eigenvalue weighted by molar-refractivity contribution is -0.0441. The van der Waals surface area contributed by atoms with Gasteiger partial charge >= 0.3 is 0 Å². The van der Waals surface area contributed by atoms with Gasteiger partial charge in [-0.2, -0.15) is 0 Å². The van der Waals surface area contributed by atoms with Crippen LogP contribution in [0.5, 0.6) is 0 Å². The van der Waals surface area contributed by atoms with Crippen molar-refractivity contribution < 1.29 is 4.74 Å². The molecule has 2 unspecified atom stereocenters. The summed E-state index contributed by atoms with van der Waals surface area (Å²) < 4.78 is 5.70. The highest BCUT2D eigenvalue weighted by Crippen LogP contribution is 2.30. The van der Waals surface area contributed by atoms with Crippen LogP contribution in [0.1, 0.15) is 45.4 Å². The first kappa shape index (κ1) is 13.3. The van der Waals surface area contributed by atoms with Gasteiger partial charge in [0.05, 0.1) is 12.1 Å². The van der Waals surface area contributed by atoms with Gasteiger partial charge in [0.2, 0.25) is 0 Å². The van der Waals surface area contributed by atoms with Gasteiger partial charge in [0.15, 0.2) is 0 Å². The Morgan fingerprint density at radius 1 is 1.29 bits per heavy atom. The molecule has 0 saturated carbocycles. The third kappa shape index (κ3) is 3.01. The number of nitrogens with zero attached hydrogens (tertiary/aromatic N) is 1.